The number of amides is 1. The highest BCUT2D eigenvalue weighted by Gasteiger charge is 2.28. The number of hydrogen-bond donors (Lipinski definition) is 1. The monoisotopic (exact) mass is 415 g/mol. The van der Waals surface area contributed by atoms with Crippen LogP contribution in [0.1, 0.15) is 32.8 Å². The number of anilines is 1. The molecule has 1 aliphatic rings. The van der Waals surface area contributed by atoms with Gasteiger partial charge in [0.2, 0.25) is 0 Å². The van der Waals surface area contributed by atoms with Gasteiger partial charge in [0.1, 0.15) is 10.8 Å². The molecular weight excluding hydrogens is 394 g/mol. The summed E-state index contributed by atoms with van der Waals surface area (Å²) in [5.74, 6) is -0.912. The van der Waals surface area contributed by atoms with E-state index in [1.54, 1.807) is 37.5 Å². The number of rotatable bonds is 7. The lowest BCUT2D eigenvalue weighted by Gasteiger charge is -2.07. The summed E-state index contributed by atoms with van der Waals surface area (Å²) in [7, 11) is 2.88. The van der Waals surface area contributed by atoms with Gasteiger partial charge >= 0.3 is 11.9 Å². The van der Waals surface area contributed by atoms with Crippen molar-refractivity contribution in [2.24, 2.45) is 0 Å². The molecule has 0 unspecified atom stereocenters. The number of hydrogen-bond acceptors (Lipinski definition) is 7. The van der Waals surface area contributed by atoms with Crippen molar-refractivity contribution < 1.29 is 28.6 Å². The van der Waals surface area contributed by atoms with Crippen LogP contribution < -0.4 is 10.1 Å². The number of aryl methyl sites for hydroxylation is 1. The average molecular weight is 415 g/mol. The summed E-state index contributed by atoms with van der Waals surface area (Å²) < 4.78 is 14.9. The van der Waals surface area contributed by atoms with Gasteiger partial charge in [-0.15, -0.1) is 11.3 Å². The van der Waals surface area contributed by atoms with E-state index in [-0.39, 0.29) is 0 Å². The van der Waals surface area contributed by atoms with Crippen LogP contribution in [-0.4, -0.2) is 38.7 Å². The Kier molecular flexibility index (Phi) is 6.66. The Labute approximate surface area is 172 Å². The van der Waals surface area contributed by atoms with Crippen LogP contribution in [0.25, 0.3) is 6.08 Å². The number of nitrogens with one attached hydrogen (secondary N) is 1. The summed E-state index contributed by atoms with van der Waals surface area (Å²) in [6.07, 6.45) is 5.48. The number of benzene rings is 1. The number of carbonyl (C=O) groups excluding carboxylic acids is 3. The van der Waals surface area contributed by atoms with Gasteiger partial charge in [-0.25, -0.2) is 9.59 Å². The molecule has 2 aromatic rings. The van der Waals surface area contributed by atoms with Gasteiger partial charge < -0.3 is 19.5 Å². The Morgan fingerprint density at radius 2 is 1.90 bits per heavy atom. The van der Waals surface area contributed by atoms with Gasteiger partial charge in [0.15, 0.2) is 6.61 Å². The van der Waals surface area contributed by atoms with Crippen LogP contribution in [-0.2, 0) is 31.9 Å². The highest BCUT2D eigenvalue weighted by molar-refractivity contribution is 7.17. The minimum Gasteiger partial charge on any atom is -0.497 e. The van der Waals surface area contributed by atoms with Crippen molar-refractivity contribution in [3.63, 3.8) is 0 Å². The van der Waals surface area contributed by atoms with Crippen LogP contribution in [0.15, 0.2) is 30.3 Å². The van der Waals surface area contributed by atoms with Gasteiger partial charge in [0, 0.05) is 11.0 Å². The number of methoxy groups -OCH3 is 2. The first-order chi connectivity index (χ1) is 14.0. The van der Waals surface area contributed by atoms with E-state index in [1.165, 1.54) is 24.5 Å². The maximum absolute atomic E-state index is 12.2. The number of fused-ring (bicyclic) bond motifs is 1. The van der Waals surface area contributed by atoms with Gasteiger partial charge in [-0.3, -0.25) is 4.79 Å². The molecule has 0 saturated carbocycles. The van der Waals surface area contributed by atoms with E-state index in [0.29, 0.717) is 16.3 Å². The fourth-order valence-electron chi connectivity index (χ4n) is 3.04. The second-order valence-corrected chi connectivity index (χ2v) is 7.42. The SMILES string of the molecule is COC(=O)c1c(NC(=O)COC(=O)/C=C/c2ccc(OC)cc2)sc2c1CCC2. The zero-order valence-corrected chi connectivity index (χ0v) is 17.0. The molecule has 7 nitrogen and oxygen atoms in total. The summed E-state index contributed by atoms with van der Waals surface area (Å²) in [5, 5.41) is 3.10. The first-order valence-electron chi connectivity index (χ1n) is 9.03. The van der Waals surface area contributed by atoms with Crippen LogP contribution in [0.2, 0.25) is 0 Å². The fourth-order valence-corrected chi connectivity index (χ4v) is 4.33. The van der Waals surface area contributed by atoms with Crippen LogP contribution in [0.4, 0.5) is 5.00 Å². The van der Waals surface area contributed by atoms with Crippen molar-refractivity contribution in [3.05, 3.63) is 51.9 Å². The Morgan fingerprint density at radius 3 is 2.59 bits per heavy atom. The van der Waals surface area contributed by atoms with Gasteiger partial charge in [0.25, 0.3) is 5.91 Å². The molecule has 8 heteroatoms. The van der Waals surface area contributed by atoms with Crippen molar-refractivity contribution in [1.82, 2.24) is 0 Å². The first-order valence-corrected chi connectivity index (χ1v) is 9.85. The molecule has 1 amide bonds. The third-order valence-electron chi connectivity index (χ3n) is 4.44. The first kappa shape index (κ1) is 20.6. The normalized spacial score (nSPS) is 12.5. The van der Waals surface area contributed by atoms with Crippen LogP contribution in [0.5, 0.6) is 5.75 Å². The molecule has 0 aliphatic heterocycles. The molecule has 0 radical (unpaired) electrons. The molecule has 0 spiro atoms. The standard InChI is InChI=1S/C21H21NO6S/c1-26-14-9-6-13(7-10-14)8-11-18(24)28-12-17(23)22-20-19(21(25)27-2)15-4-3-5-16(15)29-20/h6-11H,3-5,12H2,1-2H3,(H,22,23)/b11-8+. The van der Waals surface area contributed by atoms with E-state index < -0.39 is 24.5 Å². The third kappa shape index (κ3) is 5.03. The molecule has 1 aromatic heterocycles. The van der Waals surface area contributed by atoms with Gasteiger partial charge in [-0.2, -0.15) is 0 Å². The maximum atomic E-state index is 12.2. The molecule has 1 aliphatic carbocycles. The lowest BCUT2D eigenvalue weighted by Crippen LogP contribution is -2.21. The molecule has 1 N–H and O–H groups in total. The van der Waals surface area contributed by atoms with E-state index in [2.05, 4.69) is 5.32 Å². The van der Waals surface area contributed by atoms with Gasteiger partial charge in [-0.05, 0) is 48.6 Å². The number of carbonyl (C=O) groups is 3. The fraction of sp³-hybridized carbons (Fsp3) is 0.286. The maximum Gasteiger partial charge on any atom is 0.341 e. The Morgan fingerprint density at radius 1 is 1.14 bits per heavy atom. The quantitative estimate of drug-likeness (QED) is 0.552. The highest BCUT2D eigenvalue weighted by Crippen LogP contribution is 2.39. The minimum absolute atomic E-state index is 0.407. The van der Waals surface area contributed by atoms with E-state index >= 15 is 0 Å². The largest absolute Gasteiger partial charge is 0.497 e. The number of esters is 2. The zero-order chi connectivity index (χ0) is 20.8. The lowest BCUT2D eigenvalue weighted by atomic mass is 10.1. The second-order valence-electron chi connectivity index (χ2n) is 6.32. The second kappa shape index (κ2) is 9.38. The summed E-state index contributed by atoms with van der Waals surface area (Å²) in [6.45, 7) is -0.449. The van der Waals surface area contributed by atoms with Crippen LogP contribution in [0, 0.1) is 0 Å². The summed E-state index contributed by atoms with van der Waals surface area (Å²) in [5.41, 5.74) is 2.14. The van der Waals surface area contributed by atoms with Crippen molar-refractivity contribution in [3.8, 4) is 5.75 Å². The summed E-state index contributed by atoms with van der Waals surface area (Å²) in [6, 6.07) is 7.13. The van der Waals surface area contributed by atoms with Crippen molar-refractivity contribution in [2.75, 3.05) is 26.1 Å². The van der Waals surface area contributed by atoms with E-state index in [0.717, 1.165) is 35.3 Å². The van der Waals surface area contributed by atoms with Crippen molar-refractivity contribution in [1.29, 1.82) is 0 Å². The van der Waals surface area contributed by atoms with Crippen molar-refractivity contribution in [2.45, 2.75) is 19.3 Å². The van der Waals surface area contributed by atoms with Gasteiger partial charge in [-0.1, -0.05) is 12.1 Å². The Hall–Kier alpha value is -3.13. The van der Waals surface area contributed by atoms with Crippen LogP contribution in [0.3, 0.4) is 0 Å². The highest BCUT2D eigenvalue weighted by atomic mass is 32.1. The smallest absolute Gasteiger partial charge is 0.341 e. The summed E-state index contributed by atoms with van der Waals surface area (Å²) in [4.78, 5) is 37.2. The number of ether oxygens (including phenoxy) is 3. The molecule has 152 valence electrons. The predicted octanol–water partition coefficient (Wildman–Crippen LogP) is 3.23. The van der Waals surface area contributed by atoms with Crippen LogP contribution >= 0.6 is 11.3 Å². The molecule has 0 bridgehead atoms. The van der Waals surface area contributed by atoms with E-state index in [1.807, 2.05) is 0 Å². The molecular formula is C21H21NO6S. The van der Waals surface area contributed by atoms with E-state index in [9.17, 15) is 14.4 Å². The molecule has 0 atom stereocenters. The molecule has 1 aromatic carbocycles. The van der Waals surface area contributed by atoms with E-state index in [4.69, 9.17) is 14.2 Å². The molecule has 3 rings (SSSR count). The third-order valence-corrected chi connectivity index (χ3v) is 5.64. The minimum atomic E-state index is -0.641. The molecule has 0 saturated heterocycles. The lowest BCUT2D eigenvalue weighted by molar-refractivity contribution is -0.142. The predicted molar refractivity (Wildman–Crippen MR) is 109 cm³/mol. The topological polar surface area (TPSA) is 90.9 Å². The number of thiophene rings is 1. The summed E-state index contributed by atoms with van der Waals surface area (Å²) >= 11 is 1.37. The molecule has 1 heterocycles. The van der Waals surface area contributed by atoms with Crippen molar-refractivity contribution >= 4 is 40.3 Å². The Bertz CT molecular complexity index is 945. The Balaban J connectivity index is 1.55. The van der Waals surface area contributed by atoms with Gasteiger partial charge in [0.05, 0.1) is 19.8 Å². The molecule has 0 fully saturated rings. The zero-order valence-electron chi connectivity index (χ0n) is 16.2. The molecule has 29 heavy (non-hydrogen) atoms. The average Bonchev–Trinajstić information content (AvgIpc) is 3.31.